The molecule has 0 radical (unpaired) electrons. The van der Waals surface area contributed by atoms with E-state index in [0.29, 0.717) is 44.7 Å². The van der Waals surface area contributed by atoms with Crippen LogP contribution in [0.25, 0.3) is 0 Å². The van der Waals surface area contributed by atoms with Crippen LogP contribution in [0, 0.1) is 28.4 Å². The van der Waals surface area contributed by atoms with Crippen molar-refractivity contribution in [3.8, 4) is 11.8 Å². The van der Waals surface area contributed by atoms with E-state index in [1.54, 1.807) is 57.4 Å². The Morgan fingerprint density at radius 3 is 2.52 bits per heavy atom. The van der Waals surface area contributed by atoms with Crippen molar-refractivity contribution in [3.63, 3.8) is 0 Å². The van der Waals surface area contributed by atoms with Gasteiger partial charge in [0.2, 0.25) is 5.91 Å². The average molecular weight is 560 g/mol. The van der Waals surface area contributed by atoms with Crippen LogP contribution >= 0.6 is 11.8 Å². The molecule has 0 bridgehead atoms. The number of anilines is 2. The highest BCUT2D eigenvalue weighted by Crippen LogP contribution is 2.41. The summed E-state index contributed by atoms with van der Waals surface area (Å²) in [6.07, 6.45) is 1.47. The predicted octanol–water partition coefficient (Wildman–Crippen LogP) is 5.21. The number of nitriles is 1. The Balaban J connectivity index is 1.55. The number of furan rings is 1. The molecule has 1 unspecified atom stereocenters. The molecule has 0 saturated carbocycles. The van der Waals surface area contributed by atoms with E-state index in [2.05, 4.69) is 22.0 Å². The van der Waals surface area contributed by atoms with E-state index in [4.69, 9.17) is 9.15 Å². The number of nitrogens with zero attached hydrogens (tertiary/aromatic N) is 2. The van der Waals surface area contributed by atoms with Crippen LogP contribution in [0.5, 0.6) is 5.75 Å². The van der Waals surface area contributed by atoms with E-state index in [-0.39, 0.29) is 22.9 Å². The molecule has 3 N–H and O–H groups in total. The number of nitro benzene ring substituents is 1. The normalized spacial score (nSPS) is 14.7. The van der Waals surface area contributed by atoms with Crippen LogP contribution in [0.3, 0.4) is 0 Å². The SMILES string of the molecule is COc1ccc(NC(=O)C2=C(C)NC(SCC(=O)Nc3ccc([N+](=O)[O-])cc3C)=C(C#N)C2c2ccco2)cc1. The third-order valence-corrected chi connectivity index (χ3v) is 7.13. The maximum absolute atomic E-state index is 13.4. The van der Waals surface area contributed by atoms with Gasteiger partial charge in [-0.3, -0.25) is 19.7 Å². The monoisotopic (exact) mass is 559 g/mol. The van der Waals surface area contributed by atoms with Gasteiger partial charge in [0.1, 0.15) is 11.5 Å². The highest BCUT2D eigenvalue weighted by molar-refractivity contribution is 8.03. The van der Waals surface area contributed by atoms with E-state index in [9.17, 15) is 25.0 Å². The standard InChI is InChI=1S/C28H25N5O6S/c1-16-13-19(33(36)37)8-11-22(16)32-24(34)15-40-28-21(14-29)26(23-5-4-12-39-23)25(17(2)30-28)27(35)31-18-6-9-20(38-3)10-7-18/h4-13,26,30H,15H2,1-3H3,(H,31,35)(H,32,34). The summed E-state index contributed by atoms with van der Waals surface area (Å²) in [5, 5.41) is 30.3. The largest absolute Gasteiger partial charge is 0.497 e. The Hall–Kier alpha value is -5.02. The molecular weight excluding hydrogens is 534 g/mol. The molecule has 2 heterocycles. The second-order valence-electron chi connectivity index (χ2n) is 8.74. The summed E-state index contributed by atoms with van der Waals surface area (Å²) >= 11 is 1.10. The summed E-state index contributed by atoms with van der Waals surface area (Å²) in [6, 6.07) is 16.6. The Morgan fingerprint density at radius 1 is 1.18 bits per heavy atom. The zero-order valence-electron chi connectivity index (χ0n) is 21.8. The van der Waals surface area contributed by atoms with Crippen molar-refractivity contribution in [2.45, 2.75) is 19.8 Å². The first kappa shape index (κ1) is 28.0. The van der Waals surface area contributed by atoms with Crippen LogP contribution in [-0.2, 0) is 9.59 Å². The van der Waals surface area contributed by atoms with Gasteiger partial charge in [0.15, 0.2) is 0 Å². The number of aryl methyl sites for hydroxylation is 1. The molecule has 0 fully saturated rings. The molecule has 2 amide bonds. The topological polar surface area (TPSA) is 160 Å². The molecule has 0 saturated heterocycles. The number of thioether (sulfide) groups is 1. The number of hydrogen-bond donors (Lipinski definition) is 3. The molecule has 0 spiro atoms. The van der Waals surface area contributed by atoms with Gasteiger partial charge < -0.3 is 25.1 Å². The van der Waals surface area contributed by atoms with Crippen LogP contribution in [0.15, 0.2) is 87.1 Å². The lowest BCUT2D eigenvalue weighted by molar-refractivity contribution is -0.384. The molecule has 1 aliphatic rings. The number of ether oxygens (including phenoxy) is 1. The first-order valence-corrected chi connectivity index (χ1v) is 13.0. The van der Waals surface area contributed by atoms with Gasteiger partial charge in [0.25, 0.3) is 11.6 Å². The number of methoxy groups -OCH3 is 1. The minimum Gasteiger partial charge on any atom is -0.497 e. The van der Waals surface area contributed by atoms with Gasteiger partial charge in [0, 0.05) is 29.2 Å². The van der Waals surface area contributed by atoms with Crippen LogP contribution in [0.4, 0.5) is 17.1 Å². The Bertz CT molecular complexity index is 1550. The molecule has 4 rings (SSSR count). The molecule has 12 heteroatoms. The molecule has 40 heavy (non-hydrogen) atoms. The van der Waals surface area contributed by atoms with Crippen molar-refractivity contribution in [1.29, 1.82) is 5.26 Å². The maximum Gasteiger partial charge on any atom is 0.269 e. The Kier molecular flexibility index (Phi) is 8.56. The summed E-state index contributed by atoms with van der Waals surface area (Å²) < 4.78 is 10.8. The number of carbonyl (C=O) groups is 2. The van der Waals surface area contributed by atoms with Crippen molar-refractivity contribution in [2.75, 3.05) is 23.5 Å². The highest BCUT2D eigenvalue weighted by Gasteiger charge is 2.36. The van der Waals surface area contributed by atoms with Gasteiger partial charge >= 0.3 is 0 Å². The zero-order valence-corrected chi connectivity index (χ0v) is 22.6. The smallest absolute Gasteiger partial charge is 0.269 e. The maximum atomic E-state index is 13.4. The number of allylic oxidation sites excluding steroid dienone is 2. The van der Waals surface area contributed by atoms with Crippen molar-refractivity contribution in [3.05, 3.63) is 104 Å². The van der Waals surface area contributed by atoms with E-state index in [1.807, 2.05) is 0 Å². The second-order valence-corrected chi connectivity index (χ2v) is 9.73. The van der Waals surface area contributed by atoms with Crippen LogP contribution in [0.2, 0.25) is 0 Å². The molecular formula is C28H25N5O6S. The van der Waals surface area contributed by atoms with Crippen LogP contribution in [-0.4, -0.2) is 29.6 Å². The molecule has 1 atom stereocenters. The molecule has 0 aliphatic carbocycles. The van der Waals surface area contributed by atoms with E-state index >= 15 is 0 Å². The van der Waals surface area contributed by atoms with Crippen molar-refractivity contribution in [2.24, 2.45) is 0 Å². The number of dihydropyridines is 1. The van der Waals surface area contributed by atoms with Gasteiger partial charge in [-0.1, -0.05) is 11.8 Å². The number of nitro groups is 1. The number of hydrogen-bond acceptors (Lipinski definition) is 9. The van der Waals surface area contributed by atoms with Crippen molar-refractivity contribution >= 4 is 40.6 Å². The third-order valence-electron chi connectivity index (χ3n) is 6.11. The van der Waals surface area contributed by atoms with E-state index in [0.717, 1.165) is 11.8 Å². The second kappa shape index (κ2) is 12.2. The lowest BCUT2D eigenvalue weighted by atomic mass is 9.85. The summed E-state index contributed by atoms with van der Waals surface area (Å²) in [7, 11) is 1.55. The quantitative estimate of drug-likeness (QED) is 0.236. The lowest BCUT2D eigenvalue weighted by Gasteiger charge is -2.28. The number of non-ortho nitro benzene ring substituents is 1. The summed E-state index contributed by atoms with van der Waals surface area (Å²) in [4.78, 5) is 36.7. The minimum atomic E-state index is -0.804. The Morgan fingerprint density at radius 2 is 1.93 bits per heavy atom. The Labute approximate surface area is 234 Å². The molecule has 11 nitrogen and oxygen atoms in total. The van der Waals surface area contributed by atoms with Crippen molar-refractivity contribution in [1.82, 2.24) is 5.32 Å². The third kappa shape index (κ3) is 6.16. The van der Waals surface area contributed by atoms with Gasteiger partial charge in [-0.2, -0.15) is 5.26 Å². The summed E-state index contributed by atoms with van der Waals surface area (Å²) in [5.74, 6) is -0.601. The fourth-order valence-corrected chi connectivity index (χ4v) is 5.06. The zero-order chi connectivity index (χ0) is 28.8. The van der Waals surface area contributed by atoms with Gasteiger partial charge in [0.05, 0.1) is 52.2 Å². The highest BCUT2D eigenvalue weighted by atomic mass is 32.2. The number of rotatable bonds is 9. The fourth-order valence-electron chi connectivity index (χ4n) is 4.17. The molecule has 204 valence electrons. The van der Waals surface area contributed by atoms with Gasteiger partial charge in [-0.15, -0.1) is 0 Å². The molecule has 1 aromatic heterocycles. The first-order chi connectivity index (χ1) is 19.2. The van der Waals surface area contributed by atoms with Crippen molar-refractivity contribution < 1.29 is 23.7 Å². The summed E-state index contributed by atoms with van der Waals surface area (Å²) in [6.45, 7) is 3.38. The number of benzene rings is 2. The predicted molar refractivity (Wildman–Crippen MR) is 150 cm³/mol. The fraction of sp³-hybridized carbons (Fsp3) is 0.179. The van der Waals surface area contributed by atoms with Gasteiger partial charge in [-0.05, 0) is 61.9 Å². The minimum absolute atomic E-state index is 0.0600. The molecule has 3 aromatic rings. The van der Waals surface area contributed by atoms with E-state index in [1.165, 1.54) is 24.5 Å². The van der Waals surface area contributed by atoms with Crippen LogP contribution < -0.4 is 20.7 Å². The summed E-state index contributed by atoms with van der Waals surface area (Å²) in [5.41, 5.74) is 2.50. The number of nitrogens with one attached hydrogen (secondary N) is 3. The molecule has 1 aliphatic heterocycles. The van der Waals surface area contributed by atoms with Crippen LogP contribution in [0.1, 0.15) is 24.2 Å². The van der Waals surface area contributed by atoms with E-state index < -0.39 is 16.7 Å². The lowest BCUT2D eigenvalue weighted by Crippen LogP contribution is -2.31. The number of carbonyl (C=O) groups excluding carboxylic acids is 2. The first-order valence-electron chi connectivity index (χ1n) is 12.0. The van der Waals surface area contributed by atoms with Gasteiger partial charge in [-0.25, -0.2) is 0 Å². The average Bonchev–Trinajstić information content (AvgIpc) is 3.47. The number of amides is 2. The molecule has 2 aromatic carbocycles.